The summed E-state index contributed by atoms with van der Waals surface area (Å²) in [4.78, 5) is 32.9. The van der Waals surface area contributed by atoms with Crippen LogP contribution in [0.1, 0.15) is 52.4 Å². The van der Waals surface area contributed by atoms with Crippen LogP contribution in [0.25, 0.3) is 28.1 Å². The summed E-state index contributed by atoms with van der Waals surface area (Å²) in [7, 11) is 0. The molecule has 0 radical (unpaired) electrons. The third-order valence-corrected chi connectivity index (χ3v) is 5.88. The van der Waals surface area contributed by atoms with E-state index in [0.29, 0.717) is 40.1 Å². The second kappa shape index (κ2) is 6.63. The molecule has 0 saturated carbocycles. The minimum absolute atomic E-state index is 0.120. The lowest BCUT2D eigenvalue weighted by atomic mass is 9.75. The third-order valence-electron chi connectivity index (χ3n) is 5.88. The Balaban J connectivity index is 1.79. The average molecular weight is 413 g/mol. The van der Waals surface area contributed by atoms with Crippen molar-refractivity contribution < 1.29 is 9.59 Å². The SMILES string of the molecule is Cc1nn(-c2ccc(C(N)=O)c3nc(-c4ccccc4)[nH]c23)c2c1C(=O)CC(C)(C)C2. The number of carbonyl (C=O) groups excluding carboxylic acids is 2. The summed E-state index contributed by atoms with van der Waals surface area (Å²) in [5.74, 6) is 0.215. The molecule has 0 atom stereocenters. The molecule has 3 N–H and O–H groups in total. The monoisotopic (exact) mass is 413 g/mol. The maximum atomic E-state index is 12.8. The number of H-pyrrole nitrogens is 1. The first kappa shape index (κ1) is 19.2. The van der Waals surface area contributed by atoms with E-state index in [1.807, 2.05) is 48.0 Å². The molecule has 2 aromatic carbocycles. The summed E-state index contributed by atoms with van der Waals surface area (Å²) >= 11 is 0. The predicted molar refractivity (Wildman–Crippen MR) is 118 cm³/mol. The standard InChI is InChI=1S/C24H23N5O2/c1-13-19-17(11-24(2,3)12-18(19)30)29(28-13)16-10-9-15(22(25)31)20-21(16)27-23(26-20)14-7-5-4-6-8-14/h4-10H,11-12H2,1-3H3,(H2,25,31)(H,26,27). The molecule has 7 heteroatoms. The van der Waals surface area contributed by atoms with E-state index in [9.17, 15) is 9.59 Å². The summed E-state index contributed by atoms with van der Waals surface area (Å²) < 4.78 is 1.82. The maximum absolute atomic E-state index is 12.8. The molecule has 31 heavy (non-hydrogen) atoms. The molecule has 0 spiro atoms. The molecule has 1 aliphatic rings. The Kier molecular flexibility index (Phi) is 4.12. The van der Waals surface area contributed by atoms with Crippen LogP contribution >= 0.6 is 0 Å². The fourth-order valence-electron chi connectivity index (χ4n) is 4.53. The number of nitrogens with two attached hydrogens (primary N) is 1. The second-order valence-electron chi connectivity index (χ2n) is 8.93. The number of rotatable bonds is 3. The highest BCUT2D eigenvalue weighted by Gasteiger charge is 2.36. The van der Waals surface area contributed by atoms with Crippen LogP contribution in [-0.4, -0.2) is 31.4 Å². The number of aromatic nitrogens is 4. The highest BCUT2D eigenvalue weighted by Crippen LogP contribution is 2.38. The second-order valence-corrected chi connectivity index (χ2v) is 8.93. The van der Waals surface area contributed by atoms with Crippen molar-refractivity contribution in [3.8, 4) is 17.1 Å². The number of ketones is 1. The smallest absolute Gasteiger partial charge is 0.250 e. The van der Waals surface area contributed by atoms with Crippen molar-refractivity contribution in [2.75, 3.05) is 0 Å². The number of primary amides is 1. The van der Waals surface area contributed by atoms with Gasteiger partial charge < -0.3 is 10.7 Å². The summed E-state index contributed by atoms with van der Waals surface area (Å²) in [5, 5.41) is 4.72. The topological polar surface area (TPSA) is 107 Å². The maximum Gasteiger partial charge on any atom is 0.250 e. The average Bonchev–Trinajstić information content (AvgIpc) is 3.28. The number of aromatic amines is 1. The van der Waals surface area contributed by atoms with Crippen molar-refractivity contribution in [3.63, 3.8) is 0 Å². The molecule has 0 fully saturated rings. The molecule has 1 amide bonds. The molecule has 0 saturated heterocycles. The Morgan fingerprint density at radius 3 is 2.58 bits per heavy atom. The van der Waals surface area contributed by atoms with Crippen LogP contribution in [0.5, 0.6) is 0 Å². The molecule has 2 heterocycles. The minimum atomic E-state index is -0.544. The minimum Gasteiger partial charge on any atom is -0.366 e. The number of nitrogens with one attached hydrogen (secondary N) is 1. The zero-order chi connectivity index (χ0) is 21.9. The Morgan fingerprint density at radius 2 is 1.87 bits per heavy atom. The van der Waals surface area contributed by atoms with Crippen LogP contribution in [0, 0.1) is 12.3 Å². The molecule has 0 aliphatic heterocycles. The van der Waals surface area contributed by atoms with E-state index in [4.69, 9.17) is 10.8 Å². The van der Waals surface area contributed by atoms with Crippen molar-refractivity contribution >= 4 is 22.7 Å². The number of fused-ring (bicyclic) bond motifs is 2. The molecule has 4 aromatic rings. The Morgan fingerprint density at radius 1 is 1.13 bits per heavy atom. The molecule has 7 nitrogen and oxygen atoms in total. The number of hydrogen-bond acceptors (Lipinski definition) is 4. The lowest BCUT2D eigenvalue weighted by molar-refractivity contribution is 0.0909. The zero-order valence-corrected chi connectivity index (χ0v) is 17.7. The lowest BCUT2D eigenvalue weighted by Crippen LogP contribution is -2.28. The quantitative estimate of drug-likeness (QED) is 0.530. The molecule has 0 unspecified atom stereocenters. The van der Waals surface area contributed by atoms with Gasteiger partial charge in [-0.2, -0.15) is 5.10 Å². The molecule has 5 rings (SSSR count). The molecule has 0 bridgehead atoms. The van der Waals surface area contributed by atoms with Gasteiger partial charge in [-0.15, -0.1) is 0 Å². The van der Waals surface area contributed by atoms with Crippen molar-refractivity contribution in [3.05, 3.63) is 65.0 Å². The number of Topliss-reactive ketones (excluding diaryl/α,β-unsaturated/α-hetero) is 1. The van der Waals surface area contributed by atoms with Gasteiger partial charge in [0.1, 0.15) is 11.3 Å². The summed E-state index contributed by atoms with van der Waals surface area (Å²) in [6.07, 6.45) is 1.23. The summed E-state index contributed by atoms with van der Waals surface area (Å²) in [6.45, 7) is 6.05. The van der Waals surface area contributed by atoms with Crippen LogP contribution in [0.3, 0.4) is 0 Å². The largest absolute Gasteiger partial charge is 0.366 e. The summed E-state index contributed by atoms with van der Waals surface area (Å²) in [6, 6.07) is 13.2. The fourth-order valence-corrected chi connectivity index (χ4v) is 4.53. The van der Waals surface area contributed by atoms with Gasteiger partial charge in [0, 0.05) is 12.0 Å². The number of hydrogen-bond donors (Lipinski definition) is 2. The lowest BCUT2D eigenvalue weighted by Gasteiger charge is -2.29. The Hall–Kier alpha value is -3.74. The van der Waals surface area contributed by atoms with Crippen LogP contribution in [0.2, 0.25) is 0 Å². The first-order chi connectivity index (χ1) is 14.7. The van der Waals surface area contributed by atoms with Gasteiger partial charge in [-0.05, 0) is 30.9 Å². The molecule has 1 aliphatic carbocycles. The fraction of sp³-hybridized carbons (Fsp3) is 0.250. The van der Waals surface area contributed by atoms with Gasteiger partial charge in [-0.3, -0.25) is 9.59 Å². The van der Waals surface area contributed by atoms with E-state index < -0.39 is 5.91 Å². The number of benzene rings is 2. The normalized spacial score (nSPS) is 15.3. The van der Waals surface area contributed by atoms with Crippen LogP contribution in [0.4, 0.5) is 0 Å². The van der Waals surface area contributed by atoms with Crippen molar-refractivity contribution in [2.24, 2.45) is 11.1 Å². The van der Waals surface area contributed by atoms with Gasteiger partial charge in [0.2, 0.25) is 0 Å². The predicted octanol–water partition coefficient (Wildman–Crippen LogP) is 3.98. The van der Waals surface area contributed by atoms with Crippen molar-refractivity contribution in [2.45, 2.75) is 33.6 Å². The number of carbonyl (C=O) groups is 2. The summed E-state index contributed by atoms with van der Waals surface area (Å²) in [5.41, 5.74) is 10.9. The van der Waals surface area contributed by atoms with Crippen LogP contribution in [0.15, 0.2) is 42.5 Å². The molecular formula is C24H23N5O2. The Labute approximate surface area is 179 Å². The number of nitrogens with zero attached hydrogens (tertiary/aromatic N) is 3. The van der Waals surface area contributed by atoms with Crippen molar-refractivity contribution in [1.82, 2.24) is 19.7 Å². The van der Waals surface area contributed by atoms with Crippen molar-refractivity contribution in [1.29, 1.82) is 0 Å². The van der Waals surface area contributed by atoms with E-state index in [1.54, 1.807) is 6.07 Å². The van der Waals surface area contributed by atoms with Gasteiger partial charge >= 0.3 is 0 Å². The van der Waals surface area contributed by atoms with Gasteiger partial charge in [0.15, 0.2) is 5.78 Å². The van der Waals surface area contributed by atoms with Crippen LogP contribution < -0.4 is 5.73 Å². The number of imidazole rings is 1. The molecule has 2 aromatic heterocycles. The third kappa shape index (κ3) is 3.04. The van der Waals surface area contributed by atoms with Crippen LogP contribution in [-0.2, 0) is 6.42 Å². The molecular weight excluding hydrogens is 390 g/mol. The van der Waals surface area contributed by atoms with Gasteiger partial charge in [-0.1, -0.05) is 44.2 Å². The number of amides is 1. The first-order valence-electron chi connectivity index (χ1n) is 10.3. The van der Waals surface area contributed by atoms with E-state index >= 15 is 0 Å². The zero-order valence-electron chi connectivity index (χ0n) is 17.7. The highest BCUT2D eigenvalue weighted by atomic mass is 16.1. The van der Waals surface area contributed by atoms with E-state index in [-0.39, 0.29) is 11.2 Å². The van der Waals surface area contributed by atoms with Gasteiger partial charge in [0.25, 0.3) is 5.91 Å². The first-order valence-corrected chi connectivity index (χ1v) is 10.3. The molecule has 156 valence electrons. The van der Waals surface area contributed by atoms with E-state index in [1.165, 1.54) is 0 Å². The van der Waals surface area contributed by atoms with Gasteiger partial charge in [-0.25, -0.2) is 9.67 Å². The Bertz CT molecular complexity index is 1360. The highest BCUT2D eigenvalue weighted by molar-refractivity contribution is 6.07. The van der Waals surface area contributed by atoms with Gasteiger partial charge in [0.05, 0.1) is 33.7 Å². The number of aryl methyl sites for hydroxylation is 1. The van der Waals surface area contributed by atoms with E-state index in [0.717, 1.165) is 23.4 Å². The van der Waals surface area contributed by atoms with E-state index in [2.05, 4.69) is 23.8 Å².